The van der Waals surface area contributed by atoms with Gasteiger partial charge in [-0.25, -0.2) is 0 Å². The molecule has 1 aromatic carbocycles. The summed E-state index contributed by atoms with van der Waals surface area (Å²) in [6.07, 6.45) is -4.28. The van der Waals surface area contributed by atoms with Crippen LogP contribution >= 0.6 is 0 Å². The van der Waals surface area contributed by atoms with Crippen molar-refractivity contribution in [1.29, 1.82) is 0 Å². The van der Waals surface area contributed by atoms with Crippen LogP contribution in [0.4, 0.5) is 13.2 Å². The van der Waals surface area contributed by atoms with Gasteiger partial charge in [0, 0.05) is 20.6 Å². The first-order chi connectivity index (χ1) is 8.96. The molecule has 0 saturated heterocycles. The van der Waals surface area contributed by atoms with Crippen molar-refractivity contribution in [2.75, 3.05) is 20.6 Å². The summed E-state index contributed by atoms with van der Waals surface area (Å²) in [6, 6.07) is 6.08. The minimum atomic E-state index is -4.68. The Bertz CT molecular complexity index is 432. The van der Waals surface area contributed by atoms with E-state index in [1.807, 2.05) is 0 Å². The van der Waals surface area contributed by atoms with Gasteiger partial charge in [0.1, 0.15) is 5.75 Å². The molecule has 0 amide bonds. The van der Waals surface area contributed by atoms with Crippen LogP contribution in [0, 0.1) is 0 Å². The number of alkyl halides is 3. The van der Waals surface area contributed by atoms with Crippen LogP contribution in [0.5, 0.6) is 5.75 Å². The average molecular weight is 275 g/mol. The first kappa shape index (κ1) is 15.1. The highest BCUT2D eigenvalue weighted by molar-refractivity contribution is 5.79. The second-order valence-corrected chi connectivity index (χ2v) is 3.65. The van der Waals surface area contributed by atoms with Crippen LogP contribution in [-0.4, -0.2) is 33.0 Å². The number of nitrogens with zero attached hydrogens (tertiary/aromatic N) is 1. The molecular formula is C12H16F3N3O. The molecule has 0 aromatic heterocycles. The van der Waals surface area contributed by atoms with E-state index in [1.54, 1.807) is 26.2 Å². The Balaban J connectivity index is 2.63. The Kier molecular flexibility index (Phi) is 5.47. The molecule has 7 heteroatoms. The van der Waals surface area contributed by atoms with Crippen molar-refractivity contribution in [3.8, 4) is 5.75 Å². The number of para-hydroxylation sites is 1. The average Bonchev–Trinajstić information content (AvgIpc) is 2.35. The monoisotopic (exact) mass is 275 g/mol. The predicted octanol–water partition coefficient (Wildman–Crippen LogP) is 1.92. The summed E-state index contributed by atoms with van der Waals surface area (Å²) >= 11 is 0. The van der Waals surface area contributed by atoms with Gasteiger partial charge in [0.05, 0.1) is 0 Å². The fourth-order valence-electron chi connectivity index (χ4n) is 1.53. The number of nitrogens with one attached hydrogen (secondary N) is 2. The minimum absolute atomic E-state index is 0.170. The minimum Gasteiger partial charge on any atom is -0.406 e. The van der Waals surface area contributed by atoms with Crippen LogP contribution in [0.3, 0.4) is 0 Å². The highest BCUT2D eigenvalue weighted by Gasteiger charge is 2.31. The molecule has 0 fully saturated rings. The zero-order chi connectivity index (χ0) is 14.3. The molecule has 1 rings (SSSR count). The van der Waals surface area contributed by atoms with Crippen LogP contribution in [0.15, 0.2) is 29.3 Å². The van der Waals surface area contributed by atoms with Gasteiger partial charge >= 0.3 is 6.36 Å². The molecule has 0 spiro atoms. The molecule has 0 saturated carbocycles. The zero-order valence-corrected chi connectivity index (χ0v) is 10.7. The van der Waals surface area contributed by atoms with Crippen LogP contribution < -0.4 is 15.4 Å². The quantitative estimate of drug-likeness (QED) is 0.652. The topological polar surface area (TPSA) is 45.7 Å². The van der Waals surface area contributed by atoms with E-state index in [9.17, 15) is 13.2 Å². The van der Waals surface area contributed by atoms with E-state index in [0.29, 0.717) is 24.5 Å². The maximum atomic E-state index is 12.2. The zero-order valence-electron chi connectivity index (χ0n) is 10.7. The van der Waals surface area contributed by atoms with Gasteiger partial charge in [-0.05, 0) is 18.1 Å². The van der Waals surface area contributed by atoms with E-state index >= 15 is 0 Å². The molecule has 0 radical (unpaired) electrons. The van der Waals surface area contributed by atoms with Crippen molar-refractivity contribution in [3.63, 3.8) is 0 Å². The Labute approximate surface area is 109 Å². The van der Waals surface area contributed by atoms with E-state index < -0.39 is 6.36 Å². The summed E-state index contributed by atoms with van der Waals surface area (Å²) in [6.45, 7) is 0.450. The SMILES string of the molecule is CN=C(NC)NCCc1ccccc1OC(F)(F)F. The van der Waals surface area contributed by atoms with Gasteiger partial charge in [-0.3, -0.25) is 4.99 Å². The number of rotatable bonds is 4. The summed E-state index contributed by atoms with van der Waals surface area (Å²) < 4.78 is 40.6. The van der Waals surface area contributed by atoms with Gasteiger partial charge in [0.15, 0.2) is 5.96 Å². The lowest BCUT2D eigenvalue weighted by molar-refractivity contribution is -0.274. The van der Waals surface area contributed by atoms with E-state index in [4.69, 9.17) is 0 Å². The van der Waals surface area contributed by atoms with Crippen LogP contribution in [0.1, 0.15) is 5.56 Å². The number of benzene rings is 1. The van der Waals surface area contributed by atoms with Crippen LogP contribution in [0.2, 0.25) is 0 Å². The molecule has 4 nitrogen and oxygen atoms in total. The number of ether oxygens (including phenoxy) is 1. The highest BCUT2D eigenvalue weighted by Crippen LogP contribution is 2.26. The number of guanidine groups is 1. The fraction of sp³-hybridized carbons (Fsp3) is 0.417. The summed E-state index contributed by atoms with van der Waals surface area (Å²) in [5.74, 6) is 0.408. The van der Waals surface area contributed by atoms with Crippen molar-refractivity contribution in [2.45, 2.75) is 12.8 Å². The molecule has 0 bridgehead atoms. The Morgan fingerprint density at radius 1 is 1.32 bits per heavy atom. The maximum Gasteiger partial charge on any atom is 0.573 e. The van der Waals surface area contributed by atoms with E-state index in [2.05, 4.69) is 20.4 Å². The third-order valence-corrected chi connectivity index (χ3v) is 2.35. The first-order valence-electron chi connectivity index (χ1n) is 5.68. The molecule has 0 aliphatic carbocycles. The largest absolute Gasteiger partial charge is 0.573 e. The molecule has 19 heavy (non-hydrogen) atoms. The van der Waals surface area contributed by atoms with Gasteiger partial charge in [0.2, 0.25) is 0 Å². The Morgan fingerprint density at radius 2 is 2.00 bits per heavy atom. The third-order valence-electron chi connectivity index (χ3n) is 2.35. The lowest BCUT2D eigenvalue weighted by Gasteiger charge is -2.14. The standard InChI is InChI=1S/C12H16F3N3O/c1-16-11(17-2)18-8-7-9-5-3-4-6-10(9)19-12(13,14)15/h3-6H,7-8H2,1-2H3,(H2,16,17,18). The molecule has 0 heterocycles. The van der Waals surface area contributed by atoms with Gasteiger partial charge in [-0.1, -0.05) is 18.2 Å². The molecule has 0 aliphatic heterocycles. The number of aliphatic imine (C=N–C) groups is 1. The molecule has 0 atom stereocenters. The van der Waals surface area contributed by atoms with Crippen molar-refractivity contribution >= 4 is 5.96 Å². The summed E-state index contributed by atoms with van der Waals surface area (Å²) in [7, 11) is 3.32. The molecule has 2 N–H and O–H groups in total. The van der Waals surface area contributed by atoms with E-state index in [1.165, 1.54) is 12.1 Å². The number of hydrogen-bond acceptors (Lipinski definition) is 2. The smallest absolute Gasteiger partial charge is 0.406 e. The van der Waals surface area contributed by atoms with Crippen molar-refractivity contribution in [3.05, 3.63) is 29.8 Å². The van der Waals surface area contributed by atoms with E-state index in [-0.39, 0.29) is 5.75 Å². The molecular weight excluding hydrogens is 259 g/mol. The molecule has 106 valence electrons. The van der Waals surface area contributed by atoms with E-state index in [0.717, 1.165) is 0 Å². The summed E-state index contributed by atoms with van der Waals surface area (Å²) in [4.78, 5) is 3.90. The Morgan fingerprint density at radius 3 is 2.58 bits per heavy atom. The van der Waals surface area contributed by atoms with Crippen molar-refractivity contribution < 1.29 is 17.9 Å². The Hall–Kier alpha value is -1.92. The first-order valence-corrected chi connectivity index (χ1v) is 5.68. The lowest BCUT2D eigenvalue weighted by atomic mass is 10.1. The summed E-state index contributed by atoms with van der Waals surface area (Å²) in [5, 5.41) is 5.78. The third kappa shape index (κ3) is 5.50. The lowest BCUT2D eigenvalue weighted by Crippen LogP contribution is -2.35. The summed E-state index contributed by atoms with van der Waals surface area (Å²) in [5.41, 5.74) is 0.485. The van der Waals surface area contributed by atoms with Crippen molar-refractivity contribution in [2.24, 2.45) is 4.99 Å². The predicted molar refractivity (Wildman–Crippen MR) is 67.3 cm³/mol. The molecule has 0 unspecified atom stereocenters. The normalized spacial score (nSPS) is 12.2. The van der Waals surface area contributed by atoms with Crippen LogP contribution in [-0.2, 0) is 6.42 Å². The van der Waals surface area contributed by atoms with Gasteiger partial charge in [-0.15, -0.1) is 13.2 Å². The van der Waals surface area contributed by atoms with Gasteiger partial charge in [-0.2, -0.15) is 0 Å². The van der Waals surface area contributed by atoms with Gasteiger partial charge in [0.25, 0.3) is 0 Å². The second kappa shape index (κ2) is 6.86. The van der Waals surface area contributed by atoms with Gasteiger partial charge < -0.3 is 15.4 Å². The van der Waals surface area contributed by atoms with Crippen LogP contribution in [0.25, 0.3) is 0 Å². The fourth-order valence-corrected chi connectivity index (χ4v) is 1.53. The van der Waals surface area contributed by atoms with Crippen molar-refractivity contribution in [1.82, 2.24) is 10.6 Å². The molecule has 1 aromatic rings. The maximum absolute atomic E-state index is 12.2. The number of halogens is 3. The highest BCUT2D eigenvalue weighted by atomic mass is 19.4. The second-order valence-electron chi connectivity index (χ2n) is 3.65. The molecule has 0 aliphatic rings. The number of hydrogen-bond donors (Lipinski definition) is 2.